The maximum absolute atomic E-state index is 9.64. The first-order chi connectivity index (χ1) is 7.19. The summed E-state index contributed by atoms with van der Waals surface area (Å²) in [5.74, 6) is 0.567. The van der Waals surface area contributed by atoms with Gasteiger partial charge in [-0.2, -0.15) is 5.26 Å². The third kappa shape index (κ3) is 3.14. The molecule has 0 spiro atoms. The molecule has 0 atom stereocenters. The normalized spacial score (nSPS) is 9.67. The van der Waals surface area contributed by atoms with Crippen molar-refractivity contribution < 1.29 is 9.84 Å². The van der Waals surface area contributed by atoms with Crippen molar-refractivity contribution in [1.82, 2.24) is 0 Å². The molecule has 0 heterocycles. The molecular formula is C11H12BrNO2. The predicted octanol–water partition coefficient (Wildman–Crippen LogP) is 3.01. The van der Waals surface area contributed by atoms with Crippen LogP contribution in [0.2, 0.25) is 0 Å². The van der Waals surface area contributed by atoms with Gasteiger partial charge in [0.1, 0.15) is 0 Å². The van der Waals surface area contributed by atoms with Crippen LogP contribution in [0.25, 0.3) is 0 Å². The Kier molecular flexibility index (Phi) is 4.44. The summed E-state index contributed by atoms with van der Waals surface area (Å²) in [6.07, 6.45) is 1.12. The standard InChI is InChI=1S/C11H12BrNO2/c1-2-15-10-7-8(4-3-5-13)6-9(12)11(10)14/h6-7,14H,2-4H2,1H3. The zero-order valence-electron chi connectivity index (χ0n) is 8.46. The average molecular weight is 270 g/mol. The van der Waals surface area contributed by atoms with Gasteiger partial charge in [-0.05, 0) is 47.0 Å². The molecule has 0 bridgehead atoms. The van der Waals surface area contributed by atoms with Crippen LogP contribution in [0.3, 0.4) is 0 Å². The molecule has 0 unspecified atom stereocenters. The van der Waals surface area contributed by atoms with Crippen LogP contribution in [0.15, 0.2) is 16.6 Å². The van der Waals surface area contributed by atoms with Crippen molar-refractivity contribution in [2.24, 2.45) is 0 Å². The van der Waals surface area contributed by atoms with Gasteiger partial charge in [-0.25, -0.2) is 0 Å². The van der Waals surface area contributed by atoms with Crippen LogP contribution in [0.1, 0.15) is 18.9 Å². The van der Waals surface area contributed by atoms with Crippen molar-refractivity contribution in [3.63, 3.8) is 0 Å². The third-order valence-electron chi connectivity index (χ3n) is 1.91. The molecule has 1 N–H and O–H groups in total. The van der Waals surface area contributed by atoms with Crippen molar-refractivity contribution in [3.05, 3.63) is 22.2 Å². The molecule has 0 radical (unpaired) electrons. The molecule has 0 amide bonds. The Morgan fingerprint density at radius 2 is 2.27 bits per heavy atom. The molecule has 0 aliphatic carbocycles. The smallest absolute Gasteiger partial charge is 0.172 e. The van der Waals surface area contributed by atoms with E-state index in [0.29, 0.717) is 29.7 Å². The van der Waals surface area contributed by atoms with Crippen LogP contribution in [0.5, 0.6) is 11.5 Å². The van der Waals surface area contributed by atoms with Crippen LogP contribution in [-0.2, 0) is 6.42 Å². The van der Waals surface area contributed by atoms with Crippen LogP contribution < -0.4 is 4.74 Å². The van der Waals surface area contributed by atoms with E-state index in [0.717, 1.165) is 5.56 Å². The maximum Gasteiger partial charge on any atom is 0.172 e. The Hall–Kier alpha value is -1.21. The summed E-state index contributed by atoms with van der Waals surface area (Å²) in [5.41, 5.74) is 0.977. The fourth-order valence-corrected chi connectivity index (χ4v) is 1.73. The Labute approximate surface area is 97.4 Å². The van der Waals surface area contributed by atoms with Crippen molar-refractivity contribution in [2.45, 2.75) is 19.8 Å². The third-order valence-corrected chi connectivity index (χ3v) is 2.52. The molecule has 1 aromatic carbocycles. The molecule has 1 rings (SSSR count). The van der Waals surface area contributed by atoms with Crippen LogP contribution in [0, 0.1) is 11.3 Å². The van der Waals surface area contributed by atoms with Crippen molar-refractivity contribution >= 4 is 15.9 Å². The van der Waals surface area contributed by atoms with Gasteiger partial charge in [-0.15, -0.1) is 0 Å². The highest BCUT2D eigenvalue weighted by Gasteiger charge is 2.08. The number of aryl methyl sites for hydroxylation is 1. The van der Waals surface area contributed by atoms with Gasteiger partial charge in [0.05, 0.1) is 17.1 Å². The van der Waals surface area contributed by atoms with Gasteiger partial charge in [0, 0.05) is 6.42 Å². The quantitative estimate of drug-likeness (QED) is 0.914. The summed E-state index contributed by atoms with van der Waals surface area (Å²) < 4.78 is 5.87. The number of phenols is 1. The van der Waals surface area contributed by atoms with Gasteiger partial charge < -0.3 is 9.84 Å². The lowest BCUT2D eigenvalue weighted by molar-refractivity contribution is 0.317. The lowest BCUT2D eigenvalue weighted by Gasteiger charge is -2.09. The minimum atomic E-state index is 0.109. The number of hydrogen-bond donors (Lipinski definition) is 1. The molecule has 0 saturated heterocycles. The number of hydrogen-bond acceptors (Lipinski definition) is 3. The highest BCUT2D eigenvalue weighted by molar-refractivity contribution is 9.10. The van der Waals surface area contributed by atoms with E-state index < -0.39 is 0 Å². The summed E-state index contributed by atoms with van der Waals surface area (Å²) in [7, 11) is 0. The van der Waals surface area contributed by atoms with E-state index in [1.165, 1.54) is 0 Å². The lowest BCUT2D eigenvalue weighted by Crippen LogP contribution is -1.94. The second-order valence-corrected chi connectivity index (χ2v) is 3.87. The van der Waals surface area contributed by atoms with E-state index in [1.807, 2.05) is 6.92 Å². The van der Waals surface area contributed by atoms with E-state index >= 15 is 0 Å². The first-order valence-corrected chi connectivity index (χ1v) is 5.49. The van der Waals surface area contributed by atoms with Crippen molar-refractivity contribution in [2.75, 3.05) is 6.61 Å². The minimum Gasteiger partial charge on any atom is -0.503 e. The van der Waals surface area contributed by atoms with Gasteiger partial charge >= 0.3 is 0 Å². The van der Waals surface area contributed by atoms with Gasteiger partial charge in [0.25, 0.3) is 0 Å². The molecule has 15 heavy (non-hydrogen) atoms. The van der Waals surface area contributed by atoms with E-state index in [-0.39, 0.29) is 5.75 Å². The molecular weight excluding hydrogens is 258 g/mol. The molecule has 0 aliphatic rings. The van der Waals surface area contributed by atoms with Gasteiger partial charge in [0.2, 0.25) is 0 Å². The summed E-state index contributed by atoms with van der Waals surface area (Å²) in [6.45, 7) is 2.36. The number of rotatable bonds is 4. The molecule has 0 aliphatic heterocycles. The molecule has 0 fully saturated rings. The van der Waals surface area contributed by atoms with Crippen LogP contribution >= 0.6 is 15.9 Å². The molecule has 1 aromatic rings. The first kappa shape index (κ1) is 11.9. The van der Waals surface area contributed by atoms with Crippen molar-refractivity contribution in [3.8, 4) is 17.6 Å². The van der Waals surface area contributed by atoms with E-state index in [1.54, 1.807) is 12.1 Å². The number of nitriles is 1. The molecule has 80 valence electrons. The van der Waals surface area contributed by atoms with E-state index in [2.05, 4.69) is 22.0 Å². The second-order valence-electron chi connectivity index (χ2n) is 3.02. The molecule has 0 aromatic heterocycles. The Morgan fingerprint density at radius 1 is 1.53 bits per heavy atom. The number of ether oxygens (including phenoxy) is 1. The Morgan fingerprint density at radius 3 is 2.87 bits per heavy atom. The zero-order chi connectivity index (χ0) is 11.3. The zero-order valence-corrected chi connectivity index (χ0v) is 10.0. The summed E-state index contributed by atoms with van der Waals surface area (Å²) >= 11 is 3.25. The topological polar surface area (TPSA) is 53.2 Å². The molecule has 0 saturated carbocycles. The Bertz CT molecular complexity index is 385. The summed E-state index contributed by atoms with van der Waals surface area (Å²) in [6, 6.07) is 5.65. The number of phenolic OH excluding ortho intramolecular Hbond substituents is 1. The summed E-state index contributed by atoms with van der Waals surface area (Å²) in [5, 5.41) is 18.1. The van der Waals surface area contributed by atoms with Crippen LogP contribution in [0.4, 0.5) is 0 Å². The predicted molar refractivity (Wildman–Crippen MR) is 60.9 cm³/mol. The first-order valence-electron chi connectivity index (χ1n) is 4.70. The highest BCUT2D eigenvalue weighted by Crippen LogP contribution is 2.35. The highest BCUT2D eigenvalue weighted by atomic mass is 79.9. The van der Waals surface area contributed by atoms with E-state index in [9.17, 15) is 5.11 Å². The number of nitrogens with zero attached hydrogens (tertiary/aromatic N) is 1. The largest absolute Gasteiger partial charge is 0.503 e. The fourth-order valence-electron chi connectivity index (χ4n) is 1.24. The summed E-state index contributed by atoms with van der Waals surface area (Å²) in [4.78, 5) is 0. The van der Waals surface area contributed by atoms with Gasteiger partial charge in [-0.1, -0.05) is 0 Å². The Balaban J connectivity index is 2.96. The van der Waals surface area contributed by atoms with E-state index in [4.69, 9.17) is 10.00 Å². The minimum absolute atomic E-state index is 0.109. The van der Waals surface area contributed by atoms with Gasteiger partial charge in [-0.3, -0.25) is 0 Å². The monoisotopic (exact) mass is 269 g/mol. The van der Waals surface area contributed by atoms with Gasteiger partial charge in [0.15, 0.2) is 11.5 Å². The number of aromatic hydroxyl groups is 1. The second kappa shape index (κ2) is 5.62. The maximum atomic E-state index is 9.64. The molecule has 4 heteroatoms. The average Bonchev–Trinajstić information content (AvgIpc) is 2.22. The lowest BCUT2D eigenvalue weighted by atomic mass is 10.1. The number of benzene rings is 1. The molecule has 3 nitrogen and oxygen atoms in total. The van der Waals surface area contributed by atoms with Crippen molar-refractivity contribution in [1.29, 1.82) is 5.26 Å². The fraction of sp³-hybridized carbons (Fsp3) is 0.364. The van der Waals surface area contributed by atoms with Crippen LogP contribution in [-0.4, -0.2) is 11.7 Å². The number of halogens is 1. The SMILES string of the molecule is CCOc1cc(CCC#N)cc(Br)c1O.